The van der Waals surface area contributed by atoms with Crippen LogP contribution < -0.4 is 0 Å². The second-order valence-corrected chi connectivity index (χ2v) is 2.39. The Morgan fingerprint density at radius 2 is 2.42 bits per heavy atom. The molecule has 0 saturated heterocycles. The average Bonchev–Trinajstić information content (AvgIpc) is 2.47. The van der Waals surface area contributed by atoms with Crippen LogP contribution in [0.3, 0.4) is 0 Å². The lowest BCUT2D eigenvalue weighted by Gasteiger charge is -2.03. The van der Waals surface area contributed by atoms with E-state index in [1.165, 1.54) is 6.21 Å². The molecule has 0 amide bonds. The monoisotopic (exact) mass is 163 g/mol. The number of fused-ring (bicyclic) bond motifs is 1. The van der Waals surface area contributed by atoms with Gasteiger partial charge in [-0.15, -0.1) is 5.11 Å². The van der Waals surface area contributed by atoms with Crippen LogP contribution in [0.2, 0.25) is 0 Å². The number of carbonyl (C=O) groups is 1. The fourth-order valence-electron chi connectivity index (χ4n) is 1.08. The van der Waals surface area contributed by atoms with E-state index in [-0.39, 0.29) is 11.7 Å². The number of rotatable bonds is 1. The molecule has 1 unspecified atom stereocenters. The lowest BCUT2D eigenvalue weighted by molar-refractivity contribution is -0.132. The summed E-state index contributed by atoms with van der Waals surface area (Å²) < 4.78 is 0. The minimum Gasteiger partial charge on any atom is -0.476 e. The molecule has 0 aromatic rings. The van der Waals surface area contributed by atoms with E-state index in [4.69, 9.17) is 5.11 Å². The van der Waals surface area contributed by atoms with Gasteiger partial charge in [0.25, 0.3) is 0 Å². The summed E-state index contributed by atoms with van der Waals surface area (Å²) in [6.07, 6.45) is 4.76. The van der Waals surface area contributed by atoms with Crippen molar-refractivity contribution in [2.24, 2.45) is 15.2 Å². The zero-order valence-corrected chi connectivity index (χ0v) is 6.01. The number of carboxylic acid groups (broad SMARTS) is 1. The Morgan fingerprint density at radius 3 is 3.17 bits per heavy atom. The van der Waals surface area contributed by atoms with Crippen molar-refractivity contribution in [1.29, 1.82) is 0 Å². The van der Waals surface area contributed by atoms with E-state index in [0.717, 1.165) is 0 Å². The smallest absolute Gasteiger partial charge is 0.356 e. The fraction of sp³-hybridized carbons (Fsp3) is 0.143. The summed E-state index contributed by atoms with van der Waals surface area (Å²) >= 11 is 0. The van der Waals surface area contributed by atoms with Gasteiger partial charge in [-0.1, -0.05) is 0 Å². The summed E-state index contributed by atoms with van der Waals surface area (Å²) in [4.78, 5) is 14.4. The molecule has 2 aliphatic rings. The number of aliphatic carboxylic acids is 1. The number of azo groups is 1. The molecule has 2 aliphatic heterocycles. The molecule has 5 heteroatoms. The van der Waals surface area contributed by atoms with Gasteiger partial charge in [-0.2, -0.15) is 5.11 Å². The molecule has 0 radical (unpaired) electrons. The van der Waals surface area contributed by atoms with E-state index in [0.29, 0.717) is 5.57 Å². The first kappa shape index (κ1) is 6.90. The normalized spacial score (nSPS) is 24.8. The minimum absolute atomic E-state index is 0.00639. The molecule has 2 heterocycles. The van der Waals surface area contributed by atoms with Crippen molar-refractivity contribution in [2.45, 2.75) is 6.04 Å². The third kappa shape index (κ3) is 0.868. The highest BCUT2D eigenvalue weighted by molar-refractivity contribution is 5.97. The number of hydrogen-bond acceptors (Lipinski definition) is 4. The molecule has 0 bridgehead atoms. The highest BCUT2D eigenvalue weighted by atomic mass is 16.4. The average molecular weight is 163 g/mol. The predicted octanol–water partition coefficient (Wildman–Crippen LogP) is 0.758. The predicted molar refractivity (Wildman–Crippen MR) is 40.9 cm³/mol. The van der Waals surface area contributed by atoms with Gasteiger partial charge in [0.15, 0.2) is 5.70 Å². The maximum atomic E-state index is 10.6. The molecule has 0 aliphatic carbocycles. The molecule has 0 aromatic carbocycles. The van der Waals surface area contributed by atoms with Crippen LogP contribution in [0.4, 0.5) is 0 Å². The molecule has 12 heavy (non-hydrogen) atoms. The Labute approximate surface area is 67.8 Å². The van der Waals surface area contributed by atoms with Crippen molar-refractivity contribution < 1.29 is 9.90 Å². The molecule has 0 spiro atoms. The van der Waals surface area contributed by atoms with E-state index < -0.39 is 5.97 Å². The van der Waals surface area contributed by atoms with Crippen LogP contribution in [0.1, 0.15) is 0 Å². The summed E-state index contributed by atoms with van der Waals surface area (Å²) in [5, 5.41) is 15.9. The van der Waals surface area contributed by atoms with E-state index in [2.05, 4.69) is 15.2 Å². The van der Waals surface area contributed by atoms with Crippen molar-refractivity contribution in [3.05, 3.63) is 23.5 Å². The zero-order valence-electron chi connectivity index (χ0n) is 6.01. The van der Waals surface area contributed by atoms with Gasteiger partial charge in [-0.3, -0.25) is 4.99 Å². The highest BCUT2D eigenvalue weighted by Gasteiger charge is 2.25. The van der Waals surface area contributed by atoms with Crippen molar-refractivity contribution >= 4 is 12.2 Å². The molecular formula is C7H5N3O2. The van der Waals surface area contributed by atoms with Gasteiger partial charge < -0.3 is 5.11 Å². The van der Waals surface area contributed by atoms with Gasteiger partial charge in [0.05, 0.1) is 0 Å². The van der Waals surface area contributed by atoms with Crippen molar-refractivity contribution in [1.82, 2.24) is 0 Å². The summed E-state index contributed by atoms with van der Waals surface area (Å²) in [6.45, 7) is 0. The van der Waals surface area contributed by atoms with E-state index >= 15 is 0 Å². The lowest BCUT2D eigenvalue weighted by atomic mass is 10.1. The van der Waals surface area contributed by atoms with Gasteiger partial charge in [0.2, 0.25) is 0 Å². The van der Waals surface area contributed by atoms with Gasteiger partial charge >= 0.3 is 5.97 Å². The molecule has 0 fully saturated rings. The second-order valence-electron chi connectivity index (χ2n) is 2.39. The minimum atomic E-state index is -1.06. The van der Waals surface area contributed by atoms with Crippen LogP contribution in [0.25, 0.3) is 0 Å². The molecular weight excluding hydrogens is 158 g/mol. The van der Waals surface area contributed by atoms with Crippen LogP contribution in [0, 0.1) is 0 Å². The molecule has 0 saturated carbocycles. The van der Waals surface area contributed by atoms with Gasteiger partial charge in [0.1, 0.15) is 6.04 Å². The van der Waals surface area contributed by atoms with Crippen LogP contribution in [-0.4, -0.2) is 23.3 Å². The van der Waals surface area contributed by atoms with Crippen LogP contribution >= 0.6 is 0 Å². The fourth-order valence-corrected chi connectivity index (χ4v) is 1.08. The summed E-state index contributed by atoms with van der Waals surface area (Å²) in [5.74, 6) is -1.06. The first-order valence-electron chi connectivity index (χ1n) is 3.37. The zero-order chi connectivity index (χ0) is 8.55. The molecule has 1 N–H and O–H groups in total. The number of nitrogens with zero attached hydrogens (tertiary/aromatic N) is 3. The quantitative estimate of drug-likeness (QED) is 0.619. The van der Waals surface area contributed by atoms with Gasteiger partial charge in [-0.05, 0) is 6.08 Å². The van der Waals surface area contributed by atoms with Gasteiger partial charge in [0, 0.05) is 18.0 Å². The van der Waals surface area contributed by atoms with Crippen LogP contribution in [-0.2, 0) is 4.79 Å². The van der Waals surface area contributed by atoms with Crippen molar-refractivity contribution in [2.75, 3.05) is 0 Å². The summed E-state index contributed by atoms with van der Waals surface area (Å²) in [7, 11) is 0. The second kappa shape index (κ2) is 2.37. The first-order valence-corrected chi connectivity index (χ1v) is 3.37. The summed E-state index contributed by atoms with van der Waals surface area (Å²) in [5.41, 5.74) is 0.554. The Balaban J connectivity index is 2.46. The van der Waals surface area contributed by atoms with Crippen molar-refractivity contribution in [3.8, 4) is 0 Å². The standard InChI is InChI=1S/C7H5N3O2/c11-7(12)6-4-3-8-2-1-5(4)9-10-6/h1-3,5H,(H,11,12). The third-order valence-corrected chi connectivity index (χ3v) is 1.64. The summed E-state index contributed by atoms with van der Waals surface area (Å²) in [6, 6.07) is -0.242. The number of hydrogen-bond donors (Lipinski definition) is 1. The first-order chi connectivity index (χ1) is 5.79. The topological polar surface area (TPSA) is 74.4 Å². The number of carboxylic acids is 1. The SMILES string of the molecule is O=C(O)C1=C2C=NC=CC2N=N1. The highest BCUT2D eigenvalue weighted by Crippen LogP contribution is 2.23. The Kier molecular flexibility index (Phi) is 1.36. The lowest BCUT2D eigenvalue weighted by Crippen LogP contribution is -2.09. The van der Waals surface area contributed by atoms with Crippen LogP contribution in [0.5, 0.6) is 0 Å². The van der Waals surface area contributed by atoms with Crippen LogP contribution in [0.15, 0.2) is 38.8 Å². The Hall–Kier alpha value is -1.78. The molecule has 1 atom stereocenters. The van der Waals surface area contributed by atoms with Crippen molar-refractivity contribution in [3.63, 3.8) is 0 Å². The van der Waals surface area contributed by atoms with Gasteiger partial charge in [-0.25, -0.2) is 4.79 Å². The maximum absolute atomic E-state index is 10.6. The van der Waals surface area contributed by atoms with E-state index in [1.54, 1.807) is 12.3 Å². The Bertz CT molecular complexity index is 352. The van der Waals surface area contributed by atoms with E-state index in [1.807, 2.05) is 0 Å². The molecule has 0 aromatic heterocycles. The largest absolute Gasteiger partial charge is 0.476 e. The van der Waals surface area contributed by atoms with E-state index in [9.17, 15) is 4.79 Å². The number of aliphatic imine (C=N–C) groups is 1. The molecule has 5 nitrogen and oxygen atoms in total. The maximum Gasteiger partial charge on any atom is 0.356 e. The third-order valence-electron chi connectivity index (χ3n) is 1.64. The molecule has 2 rings (SSSR count). The molecule has 60 valence electrons. The Morgan fingerprint density at radius 1 is 1.58 bits per heavy atom.